The van der Waals surface area contributed by atoms with Gasteiger partial charge in [0.05, 0.1) is 5.69 Å². The minimum Gasteiger partial charge on any atom is -0.350 e. The molecule has 2 aromatic carbocycles. The highest BCUT2D eigenvalue weighted by atomic mass is 19.1. The second kappa shape index (κ2) is 7.03. The lowest BCUT2D eigenvalue weighted by Crippen LogP contribution is -2.34. The molecule has 2 heterocycles. The maximum Gasteiger partial charge on any atom is 0.334 e. The Balaban J connectivity index is 1.69. The summed E-state index contributed by atoms with van der Waals surface area (Å²) in [5.41, 5.74) is -0.438. The molecule has 0 saturated heterocycles. The molecule has 0 aliphatic carbocycles. The lowest BCUT2D eigenvalue weighted by atomic mass is 10.2. The summed E-state index contributed by atoms with van der Waals surface area (Å²) in [5.74, 6) is -0.714. The summed E-state index contributed by atoms with van der Waals surface area (Å²) in [6.07, 6.45) is 1.28. The van der Waals surface area contributed by atoms with E-state index >= 15 is 0 Å². The van der Waals surface area contributed by atoms with E-state index in [1.165, 1.54) is 36.5 Å². The number of fused-ring (bicyclic) bond motifs is 1. The highest BCUT2D eigenvalue weighted by Gasteiger charge is 2.12. The first-order chi connectivity index (χ1) is 13.5. The lowest BCUT2D eigenvalue weighted by molar-refractivity contribution is 0.625. The number of rotatable bonds is 4. The Labute approximate surface area is 156 Å². The third-order valence-electron chi connectivity index (χ3n) is 4.08. The van der Waals surface area contributed by atoms with Gasteiger partial charge in [-0.3, -0.25) is 9.78 Å². The van der Waals surface area contributed by atoms with Gasteiger partial charge >= 0.3 is 5.69 Å². The predicted molar refractivity (Wildman–Crippen MR) is 99.4 cm³/mol. The SMILES string of the molecule is O=c1[nH]c2nc(NCc3ccc(F)cc3)ncc2c(=O)n1-c1cccc(F)c1. The van der Waals surface area contributed by atoms with Crippen molar-refractivity contribution in [2.24, 2.45) is 0 Å². The predicted octanol–water partition coefficient (Wildman–Crippen LogP) is 2.36. The fourth-order valence-electron chi connectivity index (χ4n) is 2.72. The normalized spacial score (nSPS) is 10.9. The topological polar surface area (TPSA) is 92.7 Å². The minimum absolute atomic E-state index is 0.0549. The van der Waals surface area contributed by atoms with E-state index in [-0.39, 0.29) is 28.5 Å². The average molecular weight is 381 g/mol. The molecule has 0 aliphatic rings. The van der Waals surface area contributed by atoms with Gasteiger partial charge in [0.2, 0.25) is 5.95 Å². The largest absolute Gasteiger partial charge is 0.350 e. The van der Waals surface area contributed by atoms with Crippen LogP contribution < -0.4 is 16.6 Å². The van der Waals surface area contributed by atoms with Gasteiger partial charge in [0.15, 0.2) is 5.65 Å². The van der Waals surface area contributed by atoms with Crippen molar-refractivity contribution >= 4 is 17.0 Å². The van der Waals surface area contributed by atoms with Crippen LogP contribution in [-0.2, 0) is 6.54 Å². The number of nitrogens with one attached hydrogen (secondary N) is 2. The number of hydrogen-bond acceptors (Lipinski definition) is 5. The summed E-state index contributed by atoms with van der Waals surface area (Å²) in [6.45, 7) is 0.330. The van der Waals surface area contributed by atoms with E-state index in [2.05, 4.69) is 20.3 Å². The Hall–Kier alpha value is -3.88. The molecule has 2 N–H and O–H groups in total. The molecule has 0 atom stereocenters. The zero-order chi connectivity index (χ0) is 19.7. The Kier molecular flexibility index (Phi) is 4.40. The van der Waals surface area contributed by atoms with Crippen molar-refractivity contribution < 1.29 is 8.78 Å². The molecule has 0 bridgehead atoms. The zero-order valence-electron chi connectivity index (χ0n) is 14.3. The number of nitrogens with zero attached hydrogens (tertiary/aromatic N) is 3. The number of benzene rings is 2. The average Bonchev–Trinajstić information content (AvgIpc) is 2.67. The quantitative estimate of drug-likeness (QED) is 0.566. The molecule has 0 saturated carbocycles. The Morgan fingerprint density at radius 2 is 1.82 bits per heavy atom. The maximum absolute atomic E-state index is 13.4. The van der Waals surface area contributed by atoms with Gasteiger partial charge in [-0.25, -0.2) is 23.1 Å². The van der Waals surface area contributed by atoms with E-state index in [1.54, 1.807) is 12.1 Å². The van der Waals surface area contributed by atoms with Crippen LogP contribution in [0.4, 0.5) is 14.7 Å². The van der Waals surface area contributed by atoms with Crippen LogP contribution >= 0.6 is 0 Å². The van der Waals surface area contributed by atoms with E-state index in [9.17, 15) is 18.4 Å². The van der Waals surface area contributed by atoms with E-state index in [0.29, 0.717) is 6.54 Å². The summed E-state index contributed by atoms with van der Waals surface area (Å²) in [7, 11) is 0. The molecule has 2 aromatic heterocycles. The van der Waals surface area contributed by atoms with Crippen LogP contribution in [0.25, 0.3) is 16.7 Å². The molecule has 0 aliphatic heterocycles. The van der Waals surface area contributed by atoms with Gasteiger partial charge in [0.1, 0.15) is 17.0 Å². The molecule has 4 rings (SSSR count). The molecule has 4 aromatic rings. The number of anilines is 1. The summed E-state index contributed by atoms with van der Waals surface area (Å²) >= 11 is 0. The minimum atomic E-state index is -0.744. The van der Waals surface area contributed by atoms with Gasteiger partial charge in [-0.2, -0.15) is 4.98 Å². The Bertz CT molecular complexity index is 1280. The van der Waals surface area contributed by atoms with Gasteiger partial charge < -0.3 is 5.32 Å². The number of halogens is 2. The molecule has 9 heteroatoms. The van der Waals surface area contributed by atoms with Gasteiger partial charge in [0.25, 0.3) is 5.56 Å². The molecule has 7 nitrogen and oxygen atoms in total. The van der Waals surface area contributed by atoms with Crippen LogP contribution in [0.5, 0.6) is 0 Å². The molecule has 28 heavy (non-hydrogen) atoms. The second-order valence-corrected chi connectivity index (χ2v) is 5.99. The molecule has 0 fully saturated rings. The molecule has 0 spiro atoms. The van der Waals surface area contributed by atoms with E-state index in [4.69, 9.17) is 0 Å². The van der Waals surface area contributed by atoms with Crippen molar-refractivity contribution in [1.82, 2.24) is 19.5 Å². The standard InChI is InChI=1S/C19H13F2N5O2/c20-12-6-4-11(5-7-12)9-22-18-23-10-15-16(24-18)25-19(28)26(17(15)27)14-3-1-2-13(21)8-14/h1-8,10H,9H2,(H2,22,23,24,25,28). The van der Waals surface area contributed by atoms with Crippen LogP contribution in [0.3, 0.4) is 0 Å². The fourth-order valence-corrected chi connectivity index (χ4v) is 2.72. The number of hydrogen-bond donors (Lipinski definition) is 2. The van der Waals surface area contributed by atoms with Gasteiger partial charge in [-0.05, 0) is 35.9 Å². The number of aromatic amines is 1. The van der Waals surface area contributed by atoms with E-state index in [1.807, 2.05) is 0 Å². The second-order valence-electron chi connectivity index (χ2n) is 5.99. The summed E-state index contributed by atoms with van der Waals surface area (Å²) in [6, 6.07) is 11.1. The van der Waals surface area contributed by atoms with Crippen molar-refractivity contribution in [2.45, 2.75) is 6.54 Å². The van der Waals surface area contributed by atoms with Crippen molar-refractivity contribution in [3.8, 4) is 5.69 Å². The molecule has 140 valence electrons. The first-order valence-electron chi connectivity index (χ1n) is 8.27. The van der Waals surface area contributed by atoms with Crippen LogP contribution in [0, 0.1) is 11.6 Å². The van der Waals surface area contributed by atoms with Gasteiger partial charge in [0, 0.05) is 12.7 Å². The molecule has 0 unspecified atom stereocenters. The van der Waals surface area contributed by atoms with Gasteiger partial charge in [-0.15, -0.1) is 0 Å². The Morgan fingerprint density at radius 3 is 2.57 bits per heavy atom. The first-order valence-corrected chi connectivity index (χ1v) is 8.27. The Morgan fingerprint density at radius 1 is 1.04 bits per heavy atom. The number of aromatic nitrogens is 4. The van der Waals surface area contributed by atoms with E-state index in [0.717, 1.165) is 16.2 Å². The zero-order valence-corrected chi connectivity index (χ0v) is 14.3. The van der Waals surface area contributed by atoms with Crippen LogP contribution in [0.1, 0.15) is 5.56 Å². The third-order valence-corrected chi connectivity index (χ3v) is 4.08. The third kappa shape index (κ3) is 3.37. The molecular formula is C19H13F2N5O2. The number of H-pyrrole nitrogens is 1. The highest BCUT2D eigenvalue weighted by Crippen LogP contribution is 2.10. The van der Waals surface area contributed by atoms with Crippen LogP contribution in [0.15, 0.2) is 64.3 Å². The van der Waals surface area contributed by atoms with Crippen LogP contribution in [-0.4, -0.2) is 19.5 Å². The van der Waals surface area contributed by atoms with Gasteiger partial charge in [-0.1, -0.05) is 18.2 Å². The molecular weight excluding hydrogens is 368 g/mol. The highest BCUT2D eigenvalue weighted by molar-refractivity contribution is 5.73. The summed E-state index contributed by atoms with van der Waals surface area (Å²) in [4.78, 5) is 35.8. The first kappa shape index (κ1) is 17.5. The monoisotopic (exact) mass is 381 g/mol. The maximum atomic E-state index is 13.4. The smallest absolute Gasteiger partial charge is 0.334 e. The van der Waals surface area contributed by atoms with Crippen molar-refractivity contribution in [1.29, 1.82) is 0 Å². The van der Waals surface area contributed by atoms with Crippen molar-refractivity contribution in [3.05, 3.63) is 92.8 Å². The molecule has 0 amide bonds. The lowest BCUT2D eigenvalue weighted by Gasteiger charge is -2.08. The van der Waals surface area contributed by atoms with Crippen molar-refractivity contribution in [2.75, 3.05) is 5.32 Å². The summed E-state index contributed by atoms with van der Waals surface area (Å²) in [5, 5.41) is 3.02. The van der Waals surface area contributed by atoms with Crippen LogP contribution in [0.2, 0.25) is 0 Å². The van der Waals surface area contributed by atoms with Crippen molar-refractivity contribution in [3.63, 3.8) is 0 Å². The fraction of sp³-hybridized carbons (Fsp3) is 0.0526. The van der Waals surface area contributed by atoms with E-state index < -0.39 is 17.1 Å². The summed E-state index contributed by atoms with van der Waals surface area (Å²) < 4.78 is 27.2. The molecule has 0 radical (unpaired) electrons.